The largest absolute Gasteiger partial charge is 0.387 e. The van der Waals surface area contributed by atoms with Crippen LogP contribution in [0.4, 0.5) is 0 Å². The van der Waals surface area contributed by atoms with Crippen molar-refractivity contribution in [2.24, 2.45) is 0 Å². The molecule has 2 rings (SSSR count). The summed E-state index contributed by atoms with van der Waals surface area (Å²) in [5.74, 6) is 0.139. The van der Waals surface area contributed by atoms with Gasteiger partial charge in [0, 0.05) is 39.6 Å². The van der Waals surface area contributed by atoms with Crippen molar-refractivity contribution in [3.8, 4) is 0 Å². The zero-order valence-corrected chi connectivity index (χ0v) is 12.4. The van der Waals surface area contributed by atoms with E-state index in [1.165, 1.54) is 5.56 Å². The highest BCUT2D eigenvalue weighted by Crippen LogP contribution is 2.16. The Labute approximate surface area is 121 Å². The summed E-state index contributed by atoms with van der Waals surface area (Å²) < 4.78 is 0. The summed E-state index contributed by atoms with van der Waals surface area (Å²) in [6.45, 7) is 7.57. The minimum absolute atomic E-state index is 0.139. The van der Waals surface area contributed by atoms with Crippen LogP contribution >= 0.6 is 0 Å². The van der Waals surface area contributed by atoms with Gasteiger partial charge in [0.1, 0.15) is 0 Å². The first-order valence-corrected chi connectivity index (χ1v) is 7.35. The molecule has 1 aliphatic heterocycles. The highest BCUT2D eigenvalue weighted by molar-refractivity contribution is 5.73. The van der Waals surface area contributed by atoms with E-state index in [0.29, 0.717) is 6.54 Å². The summed E-state index contributed by atoms with van der Waals surface area (Å²) in [4.78, 5) is 15.3. The van der Waals surface area contributed by atoms with Gasteiger partial charge >= 0.3 is 0 Å². The summed E-state index contributed by atoms with van der Waals surface area (Å²) >= 11 is 0. The Bertz CT molecular complexity index is 436. The highest BCUT2D eigenvalue weighted by atomic mass is 16.3. The Balaban J connectivity index is 1.85. The van der Waals surface area contributed by atoms with Gasteiger partial charge in [0.2, 0.25) is 5.91 Å². The van der Waals surface area contributed by atoms with E-state index < -0.39 is 6.10 Å². The molecule has 1 unspecified atom stereocenters. The van der Waals surface area contributed by atoms with Gasteiger partial charge in [0.25, 0.3) is 0 Å². The fraction of sp³-hybridized carbons (Fsp3) is 0.562. The zero-order valence-electron chi connectivity index (χ0n) is 12.4. The molecule has 1 N–H and O–H groups in total. The lowest BCUT2D eigenvalue weighted by atomic mass is 10.1. The van der Waals surface area contributed by atoms with Crippen molar-refractivity contribution < 1.29 is 9.90 Å². The molecule has 4 nitrogen and oxygen atoms in total. The van der Waals surface area contributed by atoms with E-state index in [0.717, 1.165) is 38.2 Å². The number of rotatable bonds is 4. The SMILES string of the molecule is CCc1ccc(C(O)CN2CCN(C(C)=O)CC2)cc1. The first-order valence-electron chi connectivity index (χ1n) is 7.35. The third-order valence-electron chi connectivity index (χ3n) is 4.02. The molecular formula is C16H24N2O2. The molecule has 1 amide bonds. The molecule has 20 heavy (non-hydrogen) atoms. The minimum Gasteiger partial charge on any atom is -0.387 e. The number of carbonyl (C=O) groups excluding carboxylic acids is 1. The number of aryl methyl sites for hydroxylation is 1. The first kappa shape index (κ1) is 15.0. The van der Waals surface area contributed by atoms with Gasteiger partial charge in [-0.3, -0.25) is 9.69 Å². The molecule has 1 aromatic rings. The van der Waals surface area contributed by atoms with Crippen LogP contribution in [0.15, 0.2) is 24.3 Å². The van der Waals surface area contributed by atoms with Crippen molar-refractivity contribution in [2.45, 2.75) is 26.4 Å². The molecule has 0 radical (unpaired) electrons. The molecule has 110 valence electrons. The average Bonchev–Trinajstić information content (AvgIpc) is 2.48. The Morgan fingerprint density at radius 2 is 1.80 bits per heavy atom. The van der Waals surface area contributed by atoms with Gasteiger partial charge in [-0.05, 0) is 17.5 Å². The molecule has 1 saturated heterocycles. The van der Waals surface area contributed by atoms with Crippen LogP contribution in [-0.2, 0) is 11.2 Å². The number of benzene rings is 1. The lowest BCUT2D eigenvalue weighted by molar-refractivity contribution is -0.130. The Kier molecular flexibility index (Phi) is 5.15. The number of aliphatic hydroxyl groups excluding tert-OH is 1. The third kappa shape index (κ3) is 3.81. The van der Waals surface area contributed by atoms with Crippen molar-refractivity contribution >= 4 is 5.91 Å². The average molecular weight is 276 g/mol. The van der Waals surface area contributed by atoms with E-state index in [4.69, 9.17) is 0 Å². The lowest BCUT2D eigenvalue weighted by Gasteiger charge is -2.35. The topological polar surface area (TPSA) is 43.8 Å². The number of piperazine rings is 1. The normalized spacial score (nSPS) is 18.1. The molecule has 0 saturated carbocycles. The van der Waals surface area contributed by atoms with E-state index in [9.17, 15) is 9.90 Å². The number of carbonyl (C=O) groups is 1. The van der Waals surface area contributed by atoms with E-state index in [1.807, 2.05) is 17.0 Å². The maximum atomic E-state index is 11.3. The van der Waals surface area contributed by atoms with Crippen LogP contribution in [0.5, 0.6) is 0 Å². The monoisotopic (exact) mass is 276 g/mol. The predicted octanol–water partition coefficient (Wildman–Crippen LogP) is 1.45. The molecule has 1 heterocycles. The third-order valence-corrected chi connectivity index (χ3v) is 4.02. The number of aliphatic hydroxyl groups is 1. The molecular weight excluding hydrogens is 252 g/mol. The maximum Gasteiger partial charge on any atom is 0.219 e. The van der Waals surface area contributed by atoms with Crippen molar-refractivity contribution in [2.75, 3.05) is 32.7 Å². The molecule has 1 aromatic carbocycles. The Morgan fingerprint density at radius 3 is 2.30 bits per heavy atom. The molecule has 0 aromatic heterocycles. The molecule has 1 fully saturated rings. The van der Waals surface area contributed by atoms with Gasteiger partial charge in [-0.1, -0.05) is 31.2 Å². The smallest absolute Gasteiger partial charge is 0.219 e. The van der Waals surface area contributed by atoms with Gasteiger partial charge in [-0.25, -0.2) is 0 Å². The van der Waals surface area contributed by atoms with Crippen LogP contribution in [-0.4, -0.2) is 53.5 Å². The second-order valence-corrected chi connectivity index (χ2v) is 5.42. The standard InChI is InChI=1S/C16H24N2O2/c1-3-14-4-6-15(7-5-14)16(20)12-17-8-10-18(11-9-17)13(2)19/h4-7,16,20H,3,8-12H2,1-2H3. The van der Waals surface area contributed by atoms with Gasteiger partial charge in [0.05, 0.1) is 6.10 Å². The summed E-state index contributed by atoms with van der Waals surface area (Å²) in [5.41, 5.74) is 2.26. The number of hydrogen-bond donors (Lipinski definition) is 1. The van der Waals surface area contributed by atoms with Gasteiger partial charge < -0.3 is 10.0 Å². The zero-order chi connectivity index (χ0) is 14.5. The Hall–Kier alpha value is -1.39. The van der Waals surface area contributed by atoms with Crippen molar-refractivity contribution in [1.29, 1.82) is 0 Å². The van der Waals surface area contributed by atoms with Crippen LogP contribution < -0.4 is 0 Å². The van der Waals surface area contributed by atoms with Crippen LogP contribution in [0.25, 0.3) is 0 Å². The van der Waals surface area contributed by atoms with Crippen LogP contribution in [0, 0.1) is 0 Å². The number of β-amino-alcohol motifs (C(OH)–C–C–N with tert-alkyl or cyclic N) is 1. The minimum atomic E-state index is -0.454. The fourth-order valence-corrected chi connectivity index (χ4v) is 2.57. The lowest BCUT2D eigenvalue weighted by Crippen LogP contribution is -2.48. The first-order chi connectivity index (χ1) is 9.60. The number of nitrogens with zero attached hydrogens (tertiary/aromatic N) is 2. The molecule has 1 atom stereocenters. The summed E-state index contributed by atoms with van der Waals surface area (Å²) in [6, 6.07) is 8.17. The Morgan fingerprint density at radius 1 is 1.20 bits per heavy atom. The predicted molar refractivity (Wildman–Crippen MR) is 79.5 cm³/mol. The van der Waals surface area contributed by atoms with E-state index in [2.05, 4.69) is 24.0 Å². The summed E-state index contributed by atoms with van der Waals surface area (Å²) in [7, 11) is 0. The molecule has 1 aliphatic rings. The second kappa shape index (κ2) is 6.86. The van der Waals surface area contributed by atoms with Gasteiger partial charge in [-0.2, -0.15) is 0 Å². The van der Waals surface area contributed by atoms with Crippen molar-refractivity contribution in [3.63, 3.8) is 0 Å². The highest BCUT2D eigenvalue weighted by Gasteiger charge is 2.20. The van der Waals surface area contributed by atoms with Crippen molar-refractivity contribution in [1.82, 2.24) is 9.80 Å². The van der Waals surface area contributed by atoms with E-state index in [1.54, 1.807) is 6.92 Å². The van der Waals surface area contributed by atoms with Crippen LogP contribution in [0.3, 0.4) is 0 Å². The molecule has 4 heteroatoms. The van der Waals surface area contributed by atoms with Gasteiger partial charge in [0.15, 0.2) is 0 Å². The fourth-order valence-electron chi connectivity index (χ4n) is 2.57. The number of amides is 1. The maximum absolute atomic E-state index is 11.3. The molecule has 0 aliphatic carbocycles. The van der Waals surface area contributed by atoms with Crippen LogP contribution in [0.2, 0.25) is 0 Å². The quantitative estimate of drug-likeness (QED) is 0.905. The molecule has 0 bridgehead atoms. The second-order valence-electron chi connectivity index (χ2n) is 5.42. The van der Waals surface area contributed by atoms with Gasteiger partial charge in [-0.15, -0.1) is 0 Å². The van der Waals surface area contributed by atoms with E-state index in [-0.39, 0.29) is 5.91 Å². The van der Waals surface area contributed by atoms with Crippen LogP contribution in [0.1, 0.15) is 31.1 Å². The number of hydrogen-bond acceptors (Lipinski definition) is 3. The van der Waals surface area contributed by atoms with E-state index >= 15 is 0 Å². The van der Waals surface area contributed by atoms with Crippen molar-refractivity contribution in [3.05, 3.63) is 35.4 Å². The summed E-state index contributed by atoms with van der Waals surface area (Å²) in [6.07, 6.45) is 0.563. The molecule has 0 spiro atoms. The summed E-state index contributed by atoms with van der Waals surface area (Å²) in [5, 5.41) is 10.3.